The number of ether oxygens (including phenoxy) is 1. The van der Waals surface area contributed by atoms with Crippen LogP contribution in [0.2, 0.25) is 0 Å². The van der Waals surface area contributed by atoms with E-state index in [2.05, 4.69) is 9.89 Å². The molecule has 5 heteroatoms. The van der Waals surface area contributed by atoms with Crippen molar-refractivity contribution < 1.29 is 14.1 Å². The zero-order valence-electron chi connectivity index (χ0n) is 9.95. The first kappa shape index (κ1) is 12.7. The van der Waals surface area contributed by atoms with E-state index in [0.717, 1.165) is 17.0 Å². The van der Waals surface area contributed by atoms with Gasteiger partial charge in [-0.3, -0.25) is 4.79 Å². The van der Waals surface area contributed by atoms with Crippen LogP contribution in [0.3, 0.4) is 0 Å². The molecule has 0 aromatic carbocycles. The molecule has 0 aliphatic rings. The fourth-order valence-corrected chi connectivity index (χ4v) is 1.56. The van der Waals surface area contributed by atoms with Gasteiger partial charge in [0.05, 0.1) is 12.8 Å². The Hall–Kier alpha value is -1.36. The molecule has 0 saturated heterocycles. The standard InChI is InChI=1S/C11H18N2O3/c1-7-10(8(2)16-13-7)6-9(12)4-5-11(14)15-3/h9H,4-6,12H2,1-3H3. The van der Waals surface area contributed by atoms with Crippen LogP contribution in [0.15, 0.2) is 4.52 Å². The van der Waals surface area contributed by atoms with Gasteiger partial charge < -0.3 is 15.0 Å². The largest absolute Gasteiger partial charge is 0.469 e. The van der Waals surface area contributed by atoms with Crippen molar-refractivity contribution in [2.45, 2.75) is 39.2 Å². The maximum Gasteiger partial charge on any atom is 0.305 e. The second kappa shape index (κ2) is 5.65. The van der Waals surface area contributed by atoms with Crippen molar-refractivity contribution >= 4 is 5.97 Å². The fraction of sp³-hybridized carbons (Fsp3) is 0.636. The van der Waals surface area contributed by atoms with Crippen LogP contribution in [0.25, 0.3) is 0 Å². The van der Waals surface area contributed by atoms with E-state index in [4.69, 9.17) is 10.3 Å². The molecule has 1 aromatic heterocycles. The van der Waals surface area contributed by atoms with Crippen LogP contribution in [-0.2, 0) is 16.0 Å². The lowest BCUT2D eigenvalue weighted by Crippen LogP contribution is -2.24. The lowest BCUT2D eigenvalue weighted by molar-refractivity contribution is -0.140. The van der Waals surface area contributed by atoms with Gasteiger partial charge in [-0.05, 0) is 26.7 Å². The molecule has 0 radical (unpaired) electrons. The van der Waals surface area contributed by atoms with Gasteiger partial charge in [-0.25, -0.2) is 0 Å². The molecule has 1 atom stereocenters. The highest BCUT2D eigenvalue weighted by molar-refractivity contribution is 5.69. The molecule has 0 bridgehead atoms. The Kier molecular flexibility index (Phi) is 4.49. The van der Waals surface area contributed by atoms with E-state index in [-0.39, 0.29) is 12.0 Å². The summed E-state index contributed by atoms with van der Waals surface area (Å²) in [4.78, 5) is 10.9. The van der Waals surface area contributed by atoms with E-state index in [1.165, 1.54) is 7.11 Å². The van der Waals surface area contributed by atoms with Crippen molar-refractivity contribution in [1.82, 2.24) is 5.16 Å². The van der Waals surface area contributed by atoms with Gasteiger partial charge in [0.2, 0.25) is 0 Å². The minimum absolute atomic E-state index is 0.0732. The predicted octanol–water partition coefficient (Wildman–Crippen LogP) is 1.11. The van der Waals surface area contributed by atoms with Crippen LogP contribution in [0.4, 0.5) is 0 Å². The Morgan fingerprint density at radius 3 is 2.75 bits per heavy atom. The Morgan fingerprint density at radius 1 is 1.56 bits per heavy atom. The molecule has 5 nitrogen and oxygen atoms in total. The second-order valence-corrected chi connectivity index (χ2v) is 3.88. The zero-order valence-corrected chi connectivity index (χ0v) is 9.95. The number of carbonyl (C=O) groups is 1. The van der Waals surface area contributed by atoms with Crippen molar-refractivity contribution in [2.75, 3.05) is 7.11 Å². The normalized spacial score (nSPS) is 12.5. The molecule has 90 valence electrons. The maximum atomic E-state index is 10.9. The highest BCUT2D eigenvalue weighted by Crippen LogP contribution is 2.15. The molecule has 1 aromatic rings. The number of aryl methyl sites for hydroxylation is 2. The number of hydrogen-bond acceptors (Lipinski definition) is 5. The van der Waals surface area contributed by atoms with E-state index < -0.39 is 0 Å². The molecule has 0 aliphatic heterocycles. The molecule has 0 fully saturated rings. The van der Waals surface area contributed by atoms with E-state index in [1.54, 1.807) is 0 Å². The Labute approximate surface area is 94.9 Å². The minimum Gasteiger partial charge on any atom is -0.469 e. The highest BCUT2D eigenvalue weighted by Gasteiger charge is 2.14. The van der Waals surface area contributed by atoms with Crippen LogP contribution in [0.1, 0.15) is 29.9 Å². The summed E-state index contributed by atoms with van der Waals surface area (Å²) in [6.45, 7) is 3.75. The van der Waals surface area contributed by atoms with Gasteiger partial charge in [-0.2, -0.15) is 0 Å². The first-order chi connectivity index (χ1) is 7.54. The summed E-state index contributed by atoms with van der Waals surface area (Å²) in [5.74, 6) is 0.570. The first-order valence-electron chi connectivity index (χ1n) is 5.28. The quantitative estimate of drug-likeness (QED) is 0.761. The van der Waals surface area contributed by atoms with Gasteiger partial charge in [0.1, 0.15) is 5.76 Å². The van der Waals surface area contributed by atoms with Crippen LogP contribution in [-0.4, -0.2) is 24.3 Å². The molecule has 1 heterocycles. The summed E-state index contributed by atoms with van der Waals surface area (Å²) in [6.07, 6.45) is 1.63. The first-order valence-corrected chi connectivity index (χ1v) is 5.28. The van der Waals surface area contributed by atoms with E-state index in [1.807, 2.05) is 13.8 Å². The van der Waals surface area contributed by atoms with Gasteiger partial charge in [0.25, 0.3) is 0 Å². The summed E-state index contributed by atoms with van der Waals surface area (Å²) < 4.78 is 9.60. The number of methoxy groups -OCH3 is 1. The van der Waals surface area contributed by atoms with Crippen LogP contribution >= 0.6 is 0 Å². The minimum atomic E-state index is -0.228. The molecule has 0 aliphatic carbocycles. The van der Waals surface area contributed by atoms with Crippen molar-refractivity contribution in [3.8, 4) is 0 Å². The Bertz CT molecular complexity index is 341. The van der Waals surface area contributed by atoms with Crippen molar-refractivity contribution in [1.29, 1.82) is 0 Å². The van der Waals surface area contributed by atoms with E-state index in [0.29, 0.717) is 19.3 Å². The Balaban J connectivity index is 2.45. The summed E-state index contributed by atoms with van der Waals surface area (Å²) in [7, 11) is 1.38. The Morgan fingerprint density at radius 2 is 2.25 bits per heavy atom. The summed E-state index contributed by atoms with van der Waals surface area (Å²) in [5, 5.41) is 3.86. The molecule has 0 saturated carbocycles. The number of carbonyl (C=O) groups excluding carboxylic acids is 1. The van der Waals surface area contributed by atoms with E-state index >= 15 is 0 Å². The number of hydrogen-bond donors (Lipinski definition) is 1. The lowest BCUT2D eigenvalue weighted by atomic mass is 10.0. The zero-order chi connectivity index (χ0) is 12.1. The average molecular weight is 226 g/mol. The van der Waals surface area contributed by atoms with Crippen molar-refractivity contribution in [2.24, 2.45) is 5.73 Å². The van der Waals surface area contributed by atoms with Gasteiger partial charge in [0, 0.05) is 18.0 Å². The number of nitrogens with zero attached hydrogens (tertiary/aromatic N) is 1. The summed E-state index contributed by atoms with van der Waals surface area (Å²) >= 11 is 0. The number of esters is 1. The summed E-state index contributed by atoms with van der Waals surface area (Å²) in [5.41, 5.74) is 7.83. The van der Waals surface area contributed by atoms with Crippen LogP contribution in [0, 0.1) is 13.8 Å². The van der Waals surface area contributed by atoms with Gasteiger partial charge >= 0.3 is 5.97 Å². The smallest absolute Gasteiger partial charge is 0.305 e. The van der Waals surface area contributed by atoms with Gasteiger partial charge in [-0.1, -0.05) is 5.16 Å². The molecule has 0 spiro atoms. The monoisotopic (exact) mass is 226 g/mol. The fourth-order valence-electron chi connectivity index (χ4n) is 1.56. The lowest BCUT2D eigenvalue weighted by Gasteiger charge is -2.10. The molecule has 16 heavy (non-hydrogen) atoms. The molecular weight excluding hydrogens is 208 g/mol. The van der Waals surface area contributed by atoms with Crippen LogP contribution in [0.5, 0.6) is 0 Å². The molecular formula is C11H18N2O3. The predicted molar refractivity (Wildman–Crippen MR) is 58.9 cm³/mol. The van der Waals surface area contributed by atoms with Crippen LogP contribution < -0.4 is 5.73 Å². The third-order valence-corrected chi connectivity index (χ3v) is 2.59. The summed E-state index contributed by atoms with van der Waals surface area (Å²) in [6, 6.07) is -0.0732. The van der Waals surface area contributed by atoms with Crippen molar-refractivity contribution in [3.63, 3.8) is 0 Å². The third kappa shape index (κ3) is 3.34. The third-order valence-electron chi connectivity index (χ3n) is 2.59. The number of aromatic nitrogens is 1. The molecule has 0 amide bonds. The van der Waals surface area contributed by atoms with Gasteiger partial charge in [-0.15, -0.1) is 0 Å². The SMILES string of the molecule is COC(=O)CCC(N)Cc1c(C)noc1C. The molecule has 1 unspecified atom stereocenters. The highest BCUT2D eigenvalue weighted by atomic mass is 16.5. The topological polar surface area (TPSA) is 78.4 Å². The average Bonchev–Trinajstić information content (AvgIpc) is 2.57. The molecule has 1 rings (SSSR count). The number of rotatable bonds is 5. The molecule has 2 N–H and O–H groups in total. The van der Waals surface area contributed by atoms with Crippen molar-refractivity contribution in [3.05, 3.63) is 17.0 Å². The number of nitrogens with two attached hydrogens (primary N) is 1. The second-order valence-electron chi connectivity index (χ2n) is 3.88. The van der Waals surface area contributed by atoms with E-state index in [9.17, 15) is 4.79 Å². The maximum absolute atomic E-state index is 10.9. The van der Waals surface area contributed by atoms with Gasteiger partial charge in [0.15, 0.2) is 0 Å².